The molecule has 1 heterocycles. The van der Waals surface area contributed by atoms with Gasteiger partial charge in [-0.1, -0.05) is 11.6 Å². The molecule has 3 aromatic rings. The van der Waals surface area contributed by atoms with E-state index >= 15 is 0 Å². The summed E-state index contributed by atoms with van der Waals surface area (Å²) in [5, 5.41) is 8.41. The first-order valence-corrected chi connectivity index (χ1v) is 8.53. The van der Waals surface area contributed by atoms with Crippen molar-refractivity contribution in [1.82, 2.24) is 15.2 Å². The molecule has 6 nitrogen and oxygen atoms in total. The maximum absolute atomic E-state index is 13.1. The number of carbonyl (C=O) groups is 1. The number of aromatic nitrogens is 2. The van der Waals surface area contributed by atoms with Gasteiger partial charge in [0.05, 0.1) is 23.2 Å². The van der Waals surface area contributed by atoms with Gasteiger partial charge in [0.2, 0.25) is 0 Å². The van der Waals surface area contributed by atoms with Crippen molar-refractivity contribution in [2.24, 2.45) is 5.10 Å². The van der Waals surface area contributed by atoms with Crippen LogP contribution in [0.1, 0.15) is 11.3 Å². The van der Waals surface area contributed by atoms with Gasteiger partial charge in [-0.25, -0.2) is 18.9 Å². The molecule has 0 spiro atoms. The zero-order valence-electron chi connectivity index (χ0n) is 14.7. The van der Waals surface area contributed by atoms with Crippen molar-refractivity contribution < 1.29 is 18.3 Å². The topological polar surface area (TPSA) is 68.5 Å². The molecule has 0 bridgehead atoms. The second kappa shape index (κ2) is 8.62. The minimum Gasteiger partial charge on any atom is -0.484 e. The molecule has 144 valence electrons. The fourth-order valence-corrected chi connectivity index (χ4v) is 2.61. The molecule has 9 heteroatoms. The molecule has 3 rings (SSSR count). The van der Waals surface area contributed by atoms with Gasteiger partial charge < -0.3 is 4.74 Å². The molecule has 2 aromatic carbocycles. The van der Waals surface area contributed by atoms with E-state index in [1.807, 2.05) is 0 Å². The summed E-state index contributed by atoms with van der Waals surface area (Å²) in [6.45, 7) is 1.44. The van der Waals surface area contributed by atoms with E-state index < -0.39 is 11.7 Å². The molecule has 0 aliphatic carbocycles. The first kappa shape index (κ1) is 19.5. The first-order chi connectivity index (χ1) is 13.4. The quantitative estimate of drug-likeness (QED) is 0.503. The zero-order valence-corrected chi connectivity index (χ0v) is 15.5. The summed E-state index contributed by atoms with van der Waals surface area (Å²) in [6, 6.07) is 11.0. The summed E-state index contributed by atoms with van der Waals surface area (Å²) in [4.78, 5) is 11.8. The number of nitrogens with zero attached hydrogens (tertiary/aromatic N) is 3. The summed E-state index contributed by atoms with van der Waals surface area (Å²) in [6.07, 6.45) is 1.36. The number of halogens is 3. The van der Waals surface area contributed by atoms with Crippen molar-refractivity contribution in [1.29, 1.82) is 0 Å². The SMILES string of the molecule is Cc1nn(-c2ccc(F)cc2)c(Cl)c1/C=N\NC(=O)COc1ccc(F)cc1. The number of carbonyl (C=O) groups excluding carboxylic acids is 1. The summed E-state index contributed by atoms with van der Waals surface area (Å²) < 4.78 is 32.5. The van der Waals surface area contributed by atoms with Crippen LogP contribution in [-0.2, 0) is 4.79 Å². The minimum absolute atomic E-state index is 0.268. The summed E-state index contributed by atoms with van der Waals surface area (Å²) in [5.74, 6) is -0.897. The van der Waals surface area contributed by atoms with Crippen LogP contribution in [-0.4, -0.2) is 28.5 Å². The fourth-order valence-electron chi connectivity index (χ4n) is 2.29. The molecule has 0 radical (unpaired) electrons. The second-order valence-electron chi connectivity index (χ2n) is 5.71. The average Bonchev–Trinajstić information content (AvgIpc) is 2.96. The number of benzene rings is 2. The third-order valence-corrected chi connectivity index (χ3v) is 4.05. The third-order valence-electron chi connectivity index (χ3n) is 3.69. The predicted molar refractivity (Wildman–Crippen MR) is 101 cm³/mol. The average molecular weight is 405 g/mol. The molecule has 1 aromatic heterocycles. The molecule has 0 saturated heterocycles. The Morgan fingerprint density at radius 3 is 2.43 bits per heavy atom. The number of aryl methyl sites for hydroxylation is 1. The van der Waals surface area contributed by atoms with Crippen molar-refractivity contribution >= 4 is 23.7 Å². The molecule has 1 amide bonds. The molecule has 0 saturated carbocycles. The number of ether oxygens (including phenoxy) is 1. The van der Waals surface area contributed by atoms with E-state index in [-0.39, 0.29) is 17.6 Å². The number of amides is 1. The van der Waals surface area contributed by atoms with Crippen molar-refractivity contribution in [3.63, 3.8) is 0 Å². The Hall–Kier alpha value is -3.26. The maximum atomic E-state index is 13.1. The van der Waals surface area contributed by atoms with Crippen LogP contribution in [0.2, 0.25) is 5.15 Å². The van der Waals surface area contributed by atoms with Crippen LogP contribution >= 0.6 is 11.6 Å². The van der Waals surface area contributed by atoms with Crippen LogP contribution in [0.25, 0.3) is 5.69 Å². The van der Waals surface area contributed by atoms with Crippen LogP contribution in [0.5, 0.6) is 5.75 Å². The highest BCUT2D eigenvalue weighted by molar-refractivity contribution is 6.32. The van der Waals surface area contributed by atoms with Gasteiger partial charge in [-0.3, -0.25) is 4.79 Å². The number of nitrogens with one attached hydrogen (secondary N) is 1. The molecule has 1 N–H and O–H groups in total. The number of rotatable bonds is 6. The lowest BCUT2D eigenvalue weighted by molar-refractivity contribution is -0.123. The van der Waals surface area contributed by atoms with E-state index in [0.29, 0.717) is 22.7 Å². The summed E-state index contributed by atoms with van der Waals surface area (Å²) in [5.41, 5.74) is 3.98. The minimum atomic E-state index is -0.500. The lowest BCUT2D eigenvalue weighted by Gasteiger charge is -2.04. The standard InChI is InChI=1S/C19H15ClF2N4O2/c1-12-17(19(20)26(25-12)15-6-2-13(21)3-7-15)10-23-24-18(27)11-28-16-8-4-14(22)5-9-16/h2-10H,11H2,1H3,(H,24,27)/b23-10-. The number of hydrazone groups is 1. The van der Waals surface area contributed by atoms with Crippen LogP contribution in [0.4, 0.5) is 8.78 Å². The molecular weight excluding hydrogens is 390 g/mol. The highest BCUT2D eigenvalue weighted by Gasteiger charge is 2.13. The summed E-state index contributed by atoms with van der Waals surface area (Å²) >= 11 is 6.32. The van der Waals surface area contributed by atoms with E-state index in [0.717, 1.165) is 0 Å². The molecule has 0 atom stereocenters. The largest absolute Gasteiger partial charge is 0.484 e. The normalized spacial score (nSPS) is 11.0. The number of hydrogen-bond acceptors (Lipinski definition) is 4. The van der Waals surface area contributed by atoms with Gasteiger partial charge in [-0.2, -0.15) is 10.2 Å². The molecule has 0 fully saturated rings. The second-order valence-corrected chi connectivity index (χ2v) is 6.07. The van der Waals surface area contributed by atoms with E-state index in [1.54, 1.807) is 19.1 Å². The van der Waals surface area contributed by atoms with Crippen LogP contribution in [0.15, 0.2) is 53.6 Å². The Morgan fingerprint density at radius 2 is 1.79 bits per heavy atom. The molecule has 28 heavy (non-hydrogen) atoms. The Bertz CT molecular complexity index is 1000. The monoisotopic (exact) mass is 404 g/mol. The lowest BCUT2D eigenvalue weighted by atomic mass is 10.3. The fraction of sp³-hybridized carbons (Fsp3) is 0.105. The Balaban J connectivity index is 1.61. The lowest BCUT2D eigenvalue weighted by Crippen LogP contribution is -2.24. The smallest absolute Gasteiger partial charge is 0.277 e. The van der Waals surface area contributed by atoms with Crippen molar-refractivity contribution in [3.05, 3.63) is 76.6 Å². The van der Waals surface area contributed by atoms with Gasteiger partial charge in [0.25, 0.3) is 5.91 Å². The van der Waals surface area contributed by atoms with E-state index in [9.17, 15) is 13.6 Å². The van der Waals surface area contributed by atoms with Gasteiger partial charge in [0.15, 0.2) is 6.61 Å². The highest BCUT2D eigenvalue weighted by Crippen LogP contribution is 2.22. The van der Waals surface area contributed by atoms with Crippen LogP contribution < -0.4 is 10.2 Å². The Morgan fingerprint density at radius 1 is 1.18 bits per heavy atom. The van der Waals surface area contributed by atoms with Gasteiger partial charge in [-0.15, -0.1) is 0 Å². The van der Waals surface area contributed by atoms with Crippen molar-refractivity contribution in [3.8, 4) is 11.4 Å². The van der Waals surface area contributed by atoms with Crippen molar-refractivity contribution in [2.75, 3.05) is 6.61 Å². The Labute approximate surface area is 164 Å². The van der Waals surface area contributed by atoms with Crippen LogP contribution in [0, 0.1) is 18.6 Å². The third kappa shape index (κ3) is 4.72. The first-order valence-electron chi connectivity index (χ1n) is 8.15. The van der Waals surface area contributed by atoms with Gasteiger partial charge in [0.1, 0.15) is 22.5 Å². The summed E-state index contributed by atoms with van der Waals surface area (Å²) in [7, 11) is 0. The van der Waals surface area contributed by atoms with Gasteiger partial charge in [0, 0.05) is 0 Å². The van der Waals surface area contributed by atoms with E-state index in [2.05, 4.69) is 15.6 Å². The molecule has 0 aliphatic rings. The zero-order chi connectivity index (χ0) is 20.1. The number of hydrogen-bond donors (Lipinski definition) is 1. The highest BCUT2D eigenvalue weighted by atomic mass is 35.5. The molecular formula is C19H15ClF2N4O2. The predicted octanol–water partition coefficient (Wildman–Crippen LogP) is 3.64. The van der Waals surface area contributed by atoms with Gasteiger partial charge in [-0.05, 0) is 55.5 Å². The van der Waals surface area contributed by atoms with Crippen molar-refractivity contribution in [2.45, 2.75) is 6.92 Å². The van der Waals surface area contributed by atoms with Gasteiger partial charge >= 0.3 is 0 Å². The molecule has 0 aliphatic heterocycles. The van der Waals surface area contributed by atoms with Crippen LogP contribution in [0.3, 0.4) is 0 Å². The maximum Gasteiger partial charge on any atom is 0.277 e. The van der Waals surface area contributed by atoms with E-state index in [4.69, 9.17) is 16.3 Å². The van der Waals surface area contributed by atoms with E-state index in [1.165, 1.54) is 47.3 Å². The molecule has 0 unspecified atom stereocenters. The Kier molecular flexibility index (Phi) is 6.00.